The maximum Gasteiger partial charge on any atom is 0.197 e. The molecule has 3 heteroatoms. The highest BCUT2D eigenvalue weighted by atomic mass is 19.1. The first-order valence-corrected chi connectivity index (χ1v) is 4.77. The molecule has 0 radical (unpaired) electrons. The first kappa shape index (κ1) is 9.31. The molecule has 0 amide bonds. The van der Waals surface area contributed by atoms with Crippen molar-refractivity contribution in [1.29, 1.82) is 0 Å². The van der Waals surface area contributed by atoms with Crippen LogP contribution in [-0.4, -0.2) is 13.2 Å². The van der Waals surface area contributed by atoms with Crippen LogP contribution in [0.4, 0.5) is 4.39 Å². The molecule has 0 bridgehead atoms. The molecule has 2 rings (SSSR count). The lowest BCUT2D eigenvalue weighted by atomic mass is 10.0. The summed E-state index contributed by atoms with van der Waals surface area (Å²) in [6.07, 6.45) is 0. The molecule has 0 aliphatic carbocycles. The van der Waals surface area contributed by atoms with Crippen LogP contribution in [0.25, 0.3) is 0 Å². The summed E-state index contributed by atoms with van der Waals surface area (Å²) in [4.78, 5) is 0. The fourth-order valence-electron chi connectivity index (χ4n) is 1.46. The number of ether oxygens (including phenoxy) is 2. The van der Waals surface area contributed by atoms with Crippen molar-refractivity contribution >= 4 is 0 Å². The van der Waals surface area contributed by atoms with Gasteiger partial charge in [0.2, 0.25) is 0 Å². The minimum atomic E-state index is -0.328. The summed E-state index contributed by atoms with van der Waals surface area (Å²) < 4.78 is 24.0. The van der Waals surface area contributed by atoms with E-state index < -0.39 is 0 Å². The van der Waals surface area contributed by atoms with Gasteiger partial charge in [0.1, 0.15) is 13.2 Å². The monoisotopic (exact) mass is 196 g/mol. The summed E-state index contributed by atoms with van der Waals surface area (Å²) >= 11 is 0. The predicted molar refractivity (Wildman–Crippen MR) is 51.5 cm³/mol. The highest BCUT2D eigenvalue weighted by Crippen LogP contribution is 2.35. The predicted octanol–water partition coefficient (Wildman–Crippen LogP) is 2.72. The van der Waals surface area contributed by atoms with Gasteiger partial charge in [-0.2, -0.15) is 0 Å². The Bertz CT molecular complexity index is 347. The molecule has 0 atom stereocenters. The zero-order chi connectivity index (χ0) is 10.1. The van der Waals surface area contributed by atoms with Gasteiger partial charge in [0.05, 0.1) is 0 Å². The lowest BCUT2D eigenvalue weighted by Gasteiger charge is -2.20. The fourth-order valence-corrected chi connectivity index (χ4v) is 1.46. The van der Waals surface area contributed by atoms with Gasteiger partial charge in [-0.05, 0) is 23.6 Å². The summed E-state index contributed by atoms with van der Waals surface area (Å²) in [6.45, 7) is 4.95. The number of rotatable bonds is 1. The van der Waals surface area contributed by atoms with Crippen molar-refractivity contribution in [2.75, 3.05) is 13.2 Å². The Hall–Kier alpha value is -1.25. The first-order chi connectivity index (χ1) is 6.68. The van der Waals surface area contributed by atoms with E-state index in [1.807, 2.05) is 19.9 Å². The molecule has 76 valence electrons. The van der Waals surface area contributed by atoms with Gasteiger partial charge in [-0.25, -0.2) is 4.39 Å². The molecule has 0 spiro atoms. The summed E-state index contributed by atoms with van der Waals surface area (Å²) in [5.74, 6) is 0.742. The molecular weight excluding hydrogens is 183 g/mol. The molecular formula is C11H13FO2. The van der Waals surface area contributed by atoms with Crippen molar-refractivity contribution < 1.29 is 13.9 Å². The van der Waals surface area contributed by atoms with Gasteiger partial charge >= 0.3 is 0 Å². The lowest BCUT2D eigenvalue weighted by molar-refractivity contribution is 0.164. The Morgan fingerprint density at radius 2 is 1.93 bits per heavy atom. The van der Waals surface area contributed by atoms with E-state index in [4.69, 9.17) is 9.47 Å². The topological polar surface area (TPSA) is 18.5 Å². The number of halogens is 1. The quantitative estimate of drug-likeness (QED) is 0.687. The van der Waals surface area contributed by atoms with Gasteiger partial charge < -0.3 is 9.47 Å². The second-order valence-corrected chi connectivity index (χ2v) is 3.68. The number of hydrogen-bond donors (Lipinski definition) is 0. The molecule has 1 aliphatic heterocycles. The summed E-state index contributed by atoms with van der Waals surface area (Å²) in [5, 5.41) is 0. The van der Waals surface area contributed by atoms with E-state index in [1.54, 1.807) is 0 Å². The average molecular weight is 196 g/mol. The minimum Gasteiger partial charge on any atom is -0.486 e. The van der Waals surface area contributed by atoms with Crippen LogP contribution < -0.4 is 9.47 Å². The molecule has 0 N–H and O–H groups in total. The van der Waals surface area contributed by atoms with Crippen LogP contribution in [0.5, 0.6) is 11.5 Å². The van der Waals surface area contributed by atoms with Gasteiger partial charge in [-0.1, -0.05) is 13.8 Å². The summed E-state index contributed by atoms with van der Waals surface area (Å²) in [7, 11) is 0. The molecule has 0 fully saturated rings. The van der Waals surface area contributed by atoms with E-state index in [9.17, 15) is 4.39 Å². The minimum absolute atomic E-state index is 0.251. The third-order valence-electron chi connectivity index (χ3n) is 2.29. The zero-order valence-electron chi connectivity index (χ0n) is 8.34. The molecule has 1 aliphatic rings. The van der Waals surface area contributed by atoms with Crippen molar-refractivity contribution in [3.05, 3.63) is 23.5 Å². The maximum atomic E-state index is 13.5. The average Bonchev–Trinajstić information content (AvgIpc) is 2.17. The smallest absolute Gasteiger partial charge is 0.197 e. The Morgan fingerprint density at radius 1 is 1.21 bits per heavy atom. The Morgan fingerprint density at radius 3 is 2.64 bits per heavy atom. The summed E-state index contributed by atoms with van der Waals surface area (Å²) in [6, 6.07) is 3.36. The van der Waals surface area contributed by atoms with Crippen LogP contribution in [0.2, 0.25) is 0 Å². The lowest BCUT2D eigenvalue weighted by Crippen LogP contribution is -2.16. The van der Waals surface area contributed by atoms with Crippen molar-refractivity contribution in [3.8, 4) is 11.5 Å². The van der Waals surface area contributed by atoms with Crippen LogP contribution in [0.1, 0.15) is 25.3 Å². The zero-order valence-corrected chi connectivity index (χ0v) is 8.34. The van der Waals surface area contributed by atoms with Crippen molar-refractivity contribution in [2.24, 2.45) is 0 Å². The van der Waals surface area contributed by atoms with Gasteiger partial charge in [0.25, 0.3) is 0 Å². The van der Waals surface area contributed by atoms with Crippen LogP contribution in [0, 0.1) is 5.82 Å². The van der Waals surface area contributed by atoms with Crippen LogP contribution in [0.15, 0.2) is 12.1 Å². The highest BCUT2D eigenvalue weighted by molar-refractivity contribution is 5.45. The second kappa shape index (κ2) is 3.48. The third kappa shape index (κ3) is 1.54. The fraction of sp³-hybridized carbons (Fsp3) is 0.455. The molecule has 0 saturated heterocycles. The van der Waals surface area contributed by atoms with Crippen LogP contribution >= 0.6 is 0 Å². The first-order valence-electron chi connectivity index (χ1n) is 4.77. The molecule has 1 aromatic rings. The van der Waals surface area contributed by atoms with Crippen molar-refractivity contribution in [2.45, 2.75) is 19.8 Å². The van der Waals surface area contributed by atoms with E-state index in [0.717, 1.165) is 5.56 Å². The van der Waals surface area contributed by atoms with Gasteiger partial charge in [0, 0.05) is 0 Å². The molecule has 2 nitrogen and oxygen atoms in total. The van der Waals surface area contributed by atoms with E-state index in [1.165, 1.54) is 6.07 Å². The highest BCUT2D eigenvalue weighted by Gasteiger charge is 2.18. The summed E-state index contributed by atoms with van der Waals surface area (Å²) in [5.41, 5.74) is 0.937. The normalized spacial score (nSPS) is 14.6. The van der Waals surface area contributed by atoms with Gasteiger partial charge in [-0.3, -0.25) is 0 Å². The Labute approximate surface area is 82.6 Å². The Kier molecular flexibility index (Phi) is 2.32. The number of benzene rings is 1. The standard InChI is InChI=1S/C11H13FO2/c1-7(2)8-5-9(12)11-10(6-8)13-3-4-14-11/h5-7H,3-4H2,1-2H3. The molecule has 14 heavy (non-hydrogen) atoms. The molecule has 1 aromatic carbocycles. The van der Waals surface area contributed by atoms with Crippen LogP contribution in [0.3, 0.4) is 0 Å². The van der Waals surface area contributed by atoms with E-state index in [-0.39, 0.29) is 11.6 Å². The molecule has 0 aromatic heterocycles. The maximum absolute atomic E-state index is 13.5. The SMILES string of the molecule is CC(C)c1cc(F)c2c(c1)OCCO2. The van der Waals surface area contributed by atoms with Gasteiger partial charge in [-0.15, -0.1) is 0 Å². The van der Waals surface area contributed by atoms with Crippen molar-refractivity contribution in [3.63, 3.8) is 0 Å². The van der Waals surface area contributed by atoms with Gasteiger partial charge in [0.15, 0.2) is 17.3 Å². The molecule has 1 heterocycles. The number of fused-ring (bicyclic) bond motifs is 1. The third-order valence-corrected chi connectivity index (χ3v) is 2.29. The van der Waals surface area contributed by atoms with E-state index in [0.29, 0.717) is 24.9 Å². The second-order valence-electron chi connectivity index (χ2n) is 3.68. The molecule has 0 unspecified atom stereocenters. The van der Waals surface area contributed by atoms with Crippen LogP contribution in [-0.2, 0) is 0 Å². The van der Waals surface area contributed by atoms with E-state index >= 15 is 0 Å². The Balaban J connectivity index is 2.46. The van der Waals surface area contributed by atoms with Crippen molar-refractivity contribution in [1.82, 2.24) is 0 Å². The number of hydrogen-bond acceptors (Lipinski definition) is 2. The largest absolute Gasteiger partial charge is 0.486 e. The van der Waals surface area contributed by atoms with E-state index in [2.05, 4.69) is 0 Å². The molecule has 0 saturated carbocycles.